The van der Waals surface area contributed by atoms with Crippen molar-refractivity contribution in [3.05, 3.63) is 24.3 Å². The highest BCUT2D eigenvalue weighted by Gasteiger charge is 2.64. The molecular weight excluding hydrogens is 300 g/mol. The molecule has 3 saturated carbocycles. The quantitative estimate of drug-likeness (QED) is 0.434. The molecule has 0 amide bonds. The van der Waals surface area contributed by atoms with Gasteiger partial charge in [0.25, 0.3) is 0 Å². The summed E-state index contributed by atoms with van der Waals surface area (Å²) in [6.45, 7) is 12.7. The highest BCUT2D eigenvalue weighted by atomic mass is 16.5. The van der Waals surface area contributed by atoms with Gasteiger partial charge >= 0.3 is 5.97 Å². The van der Waals surface area contributed by atoms with Crippen molar-refractivity contribution in [2.24, 2.45) is 28.6 Å². The zero-order valence-corrected chi connectivity index (χ0v) is 15.3. The van der Waals surface area contributed by atoms with Crippen LogP contribution in [0.25, 0.3) is 0 Å². The smallest absolute Gasteiger partial charge is 0.305 e. The Bertz CT molecular complexity index is 604. The SMILES string of the molecule is C=C1C(=O)[C@@]23CC[C@@H](C(=C)C)[C@@](C)(CCC(=O)OC)[C@H]2CC[C@@H]1C3. The highest BCUT2D eigenvalue weighted by molar-refractivity contribution is 6.03. The molecule has 132 valence electrons. The first-order valence-corrected chi connectivity index (χ1v) is 9.22. The number of methoxy groups -OCH3 is 1. The molecule has 0 unspecified atom stereocenters. The summed E-state index contributed by atoms with van der Waals surface area (Å²) in [5.74, 6) is 1.25. The topological polar surface area (TPSA) is 43.4 Å². The van der Waals surface area contributed by atoms with Gasteiger partial charge in [-0.25, -0.2) is 0 Å². The highest BCUT2D eigenvalue weighted by Crippen LogP contribution is 2.67. The lowest BCUT2D eigenvalue weighted by Gasteiger charge is -2.57. The number of allylic oxidation sites excluding steroid dienone is 2. The van der Waals surface area contributed by atoms with E-state index < -0.39 is 0 Å². The van der Waals surface area contributed by atoms with Crippen LogP contribution in [0.4, 0.5) is 0 Å². The first-order chi connectivity index (χ1) is 11.3. The van der Waals surface area contributed by atoms with E-state index in [0.29, 0.717) is 30.0 Å². The molecule has 0 radical (unpaired) electrons. The predicted octanol–water partition coefficient (Wildman–Crippen LogP) is 4.47. The average molecular weight is 330 g/mol. The summed E-state index contributed by atoms with van der Waals surface area (Å²) in [5.41, 5.74) is 1.76. The number of ketones is 1. The van der Waals surface area contributed by atoms with E-state index in [1.807, 2.05) is 0 Å². The summed E-state index contributed by atoms with van der Waals surface area (Å²) in [4.78, 5) is 24.9. The minimum atomic E-state index is -0.225. The molecular formula is C21H30O3. The molecule has 0 aromatic carbocycles. The van der Waals surface area contributed by atoms with E-state index in [-0.39, 0.29) is 16.8 Å². The summed E-state index contributed by atoms with van der Waals surface area (Å²) in [7, 11) is 1.44. The lowest BCUT2D eigenvalue weighted by atomic mass is 9.46. The van der Waals surface area contributed by atoms with Crippen LogP contribution in [-0.2, 0) is 14.3 Å². The van der Waals surface area contributed by atoms with Crippen molar-refractivity contribution in [3.8, 4) is 0 Å². The number of ether oxygens (including phenoxy) is 1. The van der Waals surface area contributed by atoms with Gasteiger partial charge in [-0.05, 0) is 74.2 Å². The number of hydrogen-bond acceptors (Lipinski definition) is 3. The number of fused-ring (bicyclic) bond motifs is 1. The van der Waals surface area contributed by atoms with Crippen LogP contribution in [-0.4, -0.2) is 18.9 Å². The molecule has 0 N–H and O–H groups in total. The third kappa shape index (κ3) is 2.31. The molecule has 3 aliphatic carbocycles. The maximum Gasteiger partial charge on any atom is 0.305 e. The monoisotopic (exact) mass is 330 g/mol. The van der Waals surface area contributed by atoms with Gasteiger partial charge in [0.15, 0.2) is 5.78 Å². The summed E-state index contributed by atoms with van der Waals surface area (Å²) in [6, 6.07) is 0. The second-order valence-corrected chi connectivity index (χ2v) is 8.56. The molecule has 24 heavy (non-hydrogen) atoms. The minimum absolute atomic E-state index is 0.0659. The second-order valence-electron chi connectivity index (χ2n) is 8.56. The summed E-state index contributed by atoms with van der Waals surface area (Å²) in [5, 5.41) is 0. The van der Waals surface area contributed by atoms with Gasteiger partial charge in [0.05, 0.1) is 7.11 Å². The van der Waals surface area contributed by atoms with Crippen LogP contribution in [0.3, 0.4) is 0 Å². The van der Waals surface area contributed by atoms with Crippen LogP contribution in [0.5, 0.6) is 0 Å². The number of carbonyl (C=O) groups excluding carboxylic acids is 2. The normalized spacial score (nSPS) is 41.0. The zero-order valence-electron chi connectivity index (χ0n) is 15.3. The molecule has 0 aliphatic heterocycles. The van der Waals surface area contributed by atoms with Gasteiger partial charge in [0.2, 0.25) is 0 Å². The summed E-state index contributed by atoms with van der Waals surface area (Å²) in [6.07, 6.45) is 6.25. The number of Topliss-reactive ketones (excluding diaryl/α,β-unsaturated/α-hetero) is 1. The molecule has 0 heterocycles. The lowest BCUT2D eigenvalue weighted by molar-refractivity contribution is -0.146. The van der Waals surface area contributed by atoms with E-state index in [4.69, 9.17) is 4.74 Å². The molecule has 1 spiro atoms. The molecule has 0 aromatic rings. The minimum Gasteiger partial charge on any atom is -0.469 e. The molecule has 3 heteroatoms. The molecule has 5 atom stereocenters. The van der Waals surface area contributed by atoms with Gasteiger partial charge < -0.3 is 4.74 Å². The molecule has 3 nitrogen and oxygen atoms in total. The van der Waals surface area contributed by atoms with Crippen LogP contribution < -0.4 is 0 Å². The van der Waals surface area contributed by atoms with Crippen molar-refractivity contribution in [1.29, 1.82) is 0 Å². The fraction of sp³-hybridized carbons (Fsp3) is 0.714. The van der Waals surface area contributed by atoms with E-state index in [1.165, 1.54) is 12.7 Å². The largest absolute Gasteiger partial charge is 0.469 e. The first-order valence-electron chi connectivity index (χ1n) is 9.22. The number of hydrogen-bond donors (Lipinski definition) is 0. The van der Waals surface area contributed by atoms with Gasteiger partial charge in [0, 0.05) is 11.8 Å². The van der Waals surface area contributed by atoms with Crippen molar-refractivity contribution in [2.45, 2.75) is 58.8 Å². The molecule has 3 fully saturated rings. The Morgan fingerprint density at radius 3 is 2.67 bits per heavy atom. The Balaban J connectivity index is 1.98. The number of carbonyl (C=O) groups is 2. The maximum atomic E-state index is 13.1. The maximum absolute atomic E-state index is 13.1. The molecule has 3 rings (SSSR count). The van der Waals surface area contributed by atoms with Crippen LogP contribution >= 0.6 is 0 Å². The number of esters is 1. The van der Waals surface area contributed by atoms with E-state index in [2.05, 4.69) is 27.0 Å². The van der Waals surface area contributed by atoms with Crippen LogP contribution in [0, 0.1) is 28.6 Å². The molecule has 3 aliphatic rings. The lowest BCUT2D eigenvalue weighted by Crippen LogP contribution is -2.53. The second kappa shape index (κ2) is 5.86. The van der Waals surface area contributed by atoms with Crippen molar-refractivity contribution in [1.82, 2.24) is 0 Å². The third-order valence-corrected chi connectivity index (χ3v) is 7.48. The van der Waals surface area contributed by atoms with Gasteiger partial charge in [-0.1, -0.05) is 25.7 Å². The predicted molar refractivity (Wildman–Crippen MR) is 94.3 cm³/mol. The van der Waals surface area contributed by atoms with Crippen LogP contribution in [0.15, 0.2) is 24.3 Å². The van der Waals surface area contributed by atoms with Crippen molar-refractivity contribution in [2.75, 3.05) is 7.11 Å². The Morgan fingerprint density at radius 1 is 1.33 bits per heavy atom. The van der Waals surface area contributed by atoms with E-state index in [0.717, 1.165) is 44.1 Å². The molecule has 2 bridgehead atoms. The van der Waals surface area contributed by atoms with Gasteiger partial charge in [-0.3, -0.25) is 9.59 Å². The molecule has 0 saturated heterocycles. The molecule has 0 aromatic heterocycles. The van der Waals surface area contributed by atoms with E-state index >= 15 is 0 Å². The Hall–Kier alpha value is -1.38. The van der Waals surface area contributed by atoms with E-state index in [9.17, 15) is 9.59 Å². The van der Waals surface area contributed by atoms with Crippen molar-refractivity contribution >= 4 is 11.8 Å². The number of rotatable bonds is 4. The average Bonchev–Trinajstić information content (AvgIpc) is 2.73. The summed E-state index contributed by atoms with van der Waals surface area (Å²) < 4.78 is 4.87. The fourth-order valence-electron chi connectivity index (χ4n) is 6.34. The van der Waals surface area contributed by atoms with Crippen LogP contribution in [0.2, 0.25) is 0 Å². The van der Waals surface area contributed by atoms with Gasteiger partial charge in [0.1, 0.15) is 0 Å². The third-order valence-electron chi connectivity index (χ3n) is 7.48. The summed E-state index contributed by atoms with van der Waals surface area (Å²) >= 11 is 0. The van der Waals surface area contributed by atoms with Crippen molar-refractivity contribution in [3.63, 3.8) is 0 Å². The Labute approximate surface area is 145 Å². The van der Waals surface area contributed by atoms with Crippen LogP contribution in [0.1, 0.15) is 58.8 Å². The fourth-order valence-corrected chi connectivity index (χ4v) is 6.34. The first kappa shape index (κ1) is 17.4. The van der Waals surface area contributed by atoms with Crippen molar-refractivity contribution < 1.29 is 14.3 Å². The van der Waals surface area contributed by atoms with Gasteiger partial charge in [-0.15, -0.1) is 0 Å². The Morgan fingerprint density at radius 2 is 2.04 bits per heavy atom. The van der Waals surface area contributed by atoms with Gasteiger partial charge in [-0.2, -0.15) is 0 Å². The van der Waals surface area contributed by atoms with E-state index in [1.54, 1.807) is 0 Å². The zero-order chi connectivity index (χ0) is 17.7. The Kier molecular flexibility index (Phi) is 4.26. The standard InChI is InChI=1S/C21H30O3/c1-13(2)16-8-11-21-12-15(14(3)19(21)23)6-7-17(21)20(16,4)10-9-18(22)24-5/h15-17H,1,3,6-12H2,2,4-5H3/t15-,16+,17-,20-,21-/m1/s1.